The maximum atomic E-state index is 6.41. The molecule has 5 nitrogen and oxygen atoms in total. The minimum Gasteiger partial charge on any atom is -0.455 e. The Kier molecular flexibility index (Phi) is 4.08. The van der Waals surface area contributed by atoms with Gasteiger partial charge in [0, 0.05) is 45.7 Å². The molecule has 39 heavy (non-hydrogen) atoms. The van der Waals surface area contributed by atoms with Crippen LogP contribution in [-0.4, -0.2) is 16.6 Å². The van der Waals surface area contributed by atoms with Crippen LogP contribution in [0.5, 0.6) is 0 Å². The van der Waals surface area contributed by atoms with Crippen molar-refractivity contribution in [3.05, 3.63) is 128 Å². The Morgan fingerprint density at radius 3 is 2.36 bits per heavy atom. The lowest BCUT2D eigenvalue weighted by molar-refractivity contribution is 0.670. The molecule has 2 aliphatic heterocycles. The number of hydrogen-bond donors (Lipinski definition) is 0. The Morgan fingerprint density at radius 1 is 0.615 bits per heavy atom. The van der Waals surface area contributed by atoms with Crippen LogP contribution in [0, 0.1) is 0 Å². The van der Waals surface area contributed by atoms with Crippen molar-refractivity contribution in [3.63, 3.8) is 0 Å². The summed E-state index contributed by atoms with van der Waals surface area (Å²) >= 11 is 0. The molecule has 0 saturated carbocycles. The Labute approximate surface area is 225 Å². The third-order valence-corrected chi connectivity index (χ3v) is 8.03. The monoisotopic (exact) mass is 500 g/mol. The topological polar surface area (TPSA) is 37.4 Å². The molecule has 5 aromatic carbocycles. The smallest absolute Gasteiger partial charge is 0.455 e. The molecule has 9 rings (SSSR count). The normalized spacial score (nSPS) is 13.5. The van der Waals surface area contributed by atoms with Crippen molar-refractivity contribution in [2.45, 2.75) is 0 Å². The van der Waals surface area contributed by atoms with Gasteiger partial charge >= 0.3 is 7.12 Å². The van der Waals surface area contributed by atoms with E-state index in [1.165, 1.54) is 0 Å². The summed E-state index contributed by atoms with van der Waals surface area (Å²) in [5.74, 6) is 0.979. The SMILES string of the molecule is c1ccc(N2B3N(c4ccccc4-c4nccn43)c3cc(-c4cccc5c4oc4ccccc45)ccc32)cc1. The lowest BCUT2D eigenvalue weighted by atomic mass is 9.82. The maximum absolute atomic E-state index is 6.41. The van der Waals surface area contributed by atoms with E-state index in [4.69, 9.17) is 9.40 Å². The van der Waals surface area contributed by atoms with Gasteiger partial charge in [0.15, 0.2) is 0 Å². The van der Waals surface area contributed by atoms with Gasteiger partial charge in [-0.15, -0.1) is 0 Å². The summed E-state index contributed by atoms with van der Waals surface area (Å²) < 4.78 is 8.68. The van der Waals surface area contributed by atoms with Crippen LogP contribution >= 0.6 is 0 Å². The first-order valence-electron chi connectivity index (χ1n) is 13.2. The number of anilines is 4. The minimum atomic E-state index is -0.105. The summed E-state index contributed by atoms with van der Waals surface area (Å²) in [6.45, 7) is 0. The zero-order valence-corrected chi connectivity index (χ0v) is 20.9. The van der Waals surface area contributed by atoms with Gasteiger partial charge in [-0.2, -0.15) is 0 Å². The number of imidazole rings is 1. The molecule has 0 atom stereocenters. The molecule has 7 aromatic rings. The van der Waals surface area contributed by atoms with Crippen LogP contribution in [-0.2, 0) is 0 Å². The van der Waals surface area contributed by atoms with Crippen molar-refractivity contribution in [1.82, 2.24) is 9.46 Å². The van der Waals surface area contributed by atoms with Gasteiger partial charge < -0.3 is 18.5 Å². The summed E-state index contributed by atoms with van der Waals surface area (Å²) in [6, 6.07) is 40.6. The Hall–Kier alpha value is -5.23. The molecule has 0 aliphatic carbocycles. The van der Waals surface area contributed by atoms with Gasteiger partial charge in [-0.1, -0.05) is 72.8 Å². The largest absolute Gasteiger partial charge is 0.519 e. The van der Waals surface area contributed by atoms with Crippen LogP contribution in [0.15, 0.2) is 132 Å². The van der Waals surface area contributed by atoms with Gasteiger partial charge in [0.2, 0.25) is 0 Å². The summed E-state index contributed by atoms with van der Waals surface area (Å²) in [5, 5.41) is 2.28. The Bertz CT molecular complexity index is 2060. The van der Waals surface area contributed by atoms with Crippen molar-refractivity contribution in [2.24, 2.45) is 0 Å². The molecule has 0 N–H and O–H groups in total. The Morgan fingerprint density at radius 2 is 1.41 bits per heavy atom. The van der Waals surface area contributed by atoms with Gasteiger partial charge in [0.25, 0.3) is 0 Å². The van der Waals surface area contributed by atoms with E-state index in [-0.39, 0.29) is 7.12 Å². The van der Waals surface area contributed by atoms with Crippen LogP contribution in [0.2, 0.25) is 0 Å². The molecule has 4 heterocycles. The highest BCUT2D eigenvalue weighted by Crippen LogP contribution is 2.52. The number of fused-ring (bicyclic) bond motifs is 11. The standard InChI is InChI=1S/C33H21BN4O/c1-2-9-23(10-3-1)37-29-18-17-22(24-13-8-14-26-25-11-5-7-16-31(25)39-32(24)26)21-30(29)38-28-15-6-4-12-27(28)33-35-19-20-36(33)34(37)38/h1-21H. The molecular formula is C33H21BN4O. The number of para-hydroxylation sites is 4. The Balaban J connectivity index is 1.31. The molecule has 0 fully saturated rings. The molecule has 2 aliphatic rings. The molecule has 0 spiro atoms. The van der Waals surface area contributed by atoms with Gasteiger partial charge in [-0.05, 0) is 48.0 Å². The highest BCUT2D eigenvalue weighted by Gasteiger charge is 2.49. The van der Waals surface area contributed by atoms with Gasteiger partial charge in [-0.25, -0.2) is 4.98 Å². The summed E-state index contributed by atoms with van der Waals surface area (Å²) in [4.78, 5) is 9.61. The zero-order valence-electron chi connectivity index (χ0n) is 20.9. The molecule has 0 radical (unpaired) electrons. The van der Waals surface area contributed by atoms with E-state index in [1.54, 1.807) is 0 Å². The van der Waals surface area contributed by atoms with Gasteiger partial charge in [-0.3, -0.25) is 0 Å². The highest BCUT2D eigenvalue weighted by molar-refractivity contribution is 6.73. The maximum Gasteiger partial charge on any atom is 0.519 e. The van der Waals surface area contributed by atoms with Gasteiger partial charge in [0.05, 0.1) is 11.4 Å². The van der Waals surface area contributed by atoms with E-state index in [9.17, 15) is 0 Å². The first-order valence-corrected chi connectivity index (χ1v) is 13.2. The lowest BCUT2D eigenvalue weighted by Crippen LogP contribution is -2.51. The van der Waals surface area contributed by atoms with Crippen LogP contribution in [0.25, 0.3) is 44.5 Å². The average molecular weight is 500 g/mol. The number of nitrogens with zero attached hydrogens (tertiary/aromatic N) is 4. The second-order valence-corrected chi connectivity index (χ2v) is 10.1. The van der Waals surface area contributed by atoms with Crippen LogP contribution in [0.4, 0.5) is 22.7 Å². The molecule has 2 aromatic heterocycles. The number of benzene rings is 5. The second kappa shape index (κ2) is 7.65. The second-order valence-electron chi connectivity index (χ2n) is 10.1. The third kappa shape index (κ3) is 2.77. The molecule has 6 heteroatoms. The quantitative estimate of drug-likeness (QED) is 0.224. The third-order valence-electron chi connectivity index (χ3n) is 8.03. The molecule has 182 valence electrons. The van der Waals surface area contributed by atoms with Crippen molar-refractivity contribution in [1.29, 1.82) is 0 Å². The predicted octanol–water partition coefficient (Wildman–Crippen LogP) is 8.25. The average Bonchev–Trinajstić information content (AvgIpc) is 3.71. The summed E-state index contributed by atoms with van der Waals surface area (Å²) in [6.07, 6.45) is 3.98. The molecule has 0 saturated heterocycles. The fourth-order valence-corrected chi connectivity index (χ4v) is 6.37. The predicted molar refractivity (Wildman–Crippen MR) is 159 cm³/mol. The zero-order chi connectivity index (χ0) is 25.5. The summed E-state index contributed by atoms with van der Waals surface area (Å²) in [5.41, 5.74) is 9.78. The van der Waals surface area contributed by atoms with Crippen molar-refractivity contribution >= 4 is 51.8 Å². The molecule has 0 unspecified atom stereocenters. The van der Waals surface area contributed by atoms with E-state index in [1.807, 2.05) is 18.3 Å². The summed E-state index contributed by atoms with van der Waals surface area (Å²) in [7, 11) is -0.105. The molecular weight excluding hydrogens is 479 g/mol. The fourth-order valence-electron chi connectivity index (χ4n) is 6.37. The first-order chi connectivity index (χ1) is 19.4. The van der Waals surface area contributed by atoms with Gasteiger partial charge in [0.1, 0.15) is 17.0 Å². The van der Waals surface area contributed by atoms with E-state index in [0.29, 0.717) is 0 Å². The van der Waals surface area contributed by atoms with E-state index in [0.717, 1.165) is 67.2 Å². The number of hydrogen-bond acceptors (Lipinski definition) is 4. The fraction of sp³-hybridized carbons (Fsp3) is 0. The van der Waals surface area contributed by atoms with E-state index >= 15 is 0 Å². The van der Waals surface area contributed by atoms with Crippen LogP contribution in [0.1, 0.15) is 0 Å². The number of rotatable bonds is 2. The first kappa shape index (κ1) is 20.8. The van der Waals surface area contributed by atoms with E-state index < -0.39 is 0 Å². The number of aromatic nitrogens is 2. The van der Waals surface area contributed by atoms with Crippen molar-refractivity contribution in [2.75, 3.05) is 9.62 Å². The molecule has 0 bridgehead atoms. The minimum absolute atomic E-state index is 0.105. The molecule has 0 amide bonds. The highest BCUT2D eigenvalue weighted by atomic mass is 16.3. The van der Waals surface area contributed by atoms with E-state index in [2.05, 4.69) is 123 Å². The van der Waals surface area contributed by atoms with Crippen LogP contribution < -0.4 is 9.62 Å². The lowest BCUT2D eigenvalue weighted by Gasteiger charge is -2.35. The van der Waals surface area contributed by atoms with Crippen LogP contribution in [0.3, 0.4) is 0 Å². The van der Waals surface area contributed by atoms with Crippen molar-refractivity contribution in [3.8, 4) is 22.5 Å². The van der Waals surface area contributed by atoms with Crippen molar-refractivity contribution < 1.29 is 4.42 Å². The number of furan rings is 1.